The van der Waals surface area contributed by atoms with Gasteiger partial charge in [0.25, 0.3) is 0 Å². The summed E-state index contributed by atoms with van der Waals surface area (Å²) >= 11 is 0. The summed E-state index contributed by atoms with van der Waals surface area (Å²) < 4.78 is 15.1. The molecule has 0 unspecified atom stereocenters. The minimum atomic E-state index is -1.75. The van der Waals surface area contributed by atoms with Crippen LogP contribution in [0, 0.1) is 0 Å². The predicted molar refractivity (Wildman–Crippen MR) is 68.6 cm³/mol. The minimum absolute atomic E-state index is 0.651. The van der Waals surface area contributed by atoms with Crippen molar-refractivity contribution in [2.75, 3.05) is 13.2 Å². The van der Waals surface area contributed by atoms with Gasteiger partial charge in [-0.1, -0.05) is 0 Å². The van der Waals surface area contributed by atoms with Crippen molar-refractivity contribution in [1.82, 2.24) is 0 Å². The van der Waals surface area contributed by atoms with Crippen LogP contribution in [0.4, 0.5) is 0 Å². The third-order valence-corrected chi connectivity index (χ3v) is 3.98. The van der Waals surface area contributed by atoms with Gasteiger partial charge in [0.2, 0.25) is 0 Å². The zero-order valence-corrected chi connectivity index (χ0v) is 12.0. The molecule has 0 radical (unpaired) electrons. The quantitative estimate of drug-likeness (QED) is 0.243. The fourth-order valence-electron chi connectivity index (χ4n) is 2.55. The second-order valence-corrected chi connectivity index (χ2v) is 5.53. The summed E-state index contributed by atoms with van der Waals surface area (Å²) in [5, 5.41) is 76.7. The first-order valence-electron chi connectivity index (χ1n) is 7.08. The van der Waals surface area contributed by atoms with Gasteiger partial charge in [-0.05, 0) is 0 Å². The molecule has 11 heteroatoms. The Hall–Kier alpha value is -0.440. The molecule has 0 amide bonds. The highest BCUT2D eigenvalue weighted by molar-refractivity contribution is 4.93. The van der Waals surface area contributed by atoms with Crippen molar-refractivity contribution in [1.29, 1.82) is 0 Å². The Kier molecular flexibility index (Phi) is 6.27. The molecule has 0 aromatic heterocycles. The molecule has 2 aliphatic heterocycles. The highest BCUT2D eigenvalue weighted by atomic mass is 16.7. The highest BCUT2D eigenvalue weighted by Crippen LogP contribution is 2.28. The summed E-state index contributed by atoms with van der Waals surface area (Å²) in [6.45, 7) is -1.33. The number of hydrogen-bond acceptors (Lipinski definition) is 11. The van der Waals surface area contributed by atoms with Gasteiger partial charge in [-0.3, -0.25) is 0 Å². The SMILES string of the molecule is OC[C@H]1O[C@H](O[C@H]2[C@@H](O)[C@H](O)[C@@H](CO)O[C@H]2O)[C@H](O)[C@@H](O)[C@H]1O. The van der Waals surface area contributed by atoms with Crippen LogP contribution in [0.3, 0.4) is 0 Å². The van der Waals surface area contributed by atoms with Crippen molar-refractivity contribution in [2.45, 2.75) is 61.4 Å². The molecule has 2 saturated heterocycles. The second-order valence-electron chi connectivity index (χ2n) is 5.53. The van der Waals surface area contributed by atoms with E-state index >= 15 is 0 Å². The van der Waals surface area contributed by atoms with Crippen LogP contribution in [0.15, 0.2) is 0 Å². The van der Waals surface area contributed by atoms with Crippen LogP contribution < -0.4 is 0 Å². The maximum Gasteiger partial charge on any atom is 0.187 e. The van der Waals surface area contributed by atoms with Gasteiger partial charge in [-0.2, -0.15) is 0 Å². The third kappa shape index (κ3) is 3.65. The molecular formula is C12H22O11. The molecule has 136 valence electrons. The lowest BCUT2D eigenvalue weighted by Gasteiger charge is -2.44. The average Bonchev–Trinajstić information content (AvgIpc) is 2.54. The Labute approximate surface area is 130 Å². The van der Waals surface area contributed by atoms with Gasteiger partial charge in [-0.15, -0.1) is 0 Å². The summed E-state index contributed by atoms with van der Waals surface area (Å²) in [6, 6.07) is 0. The molecule has 2 heterocycles. The molecule has 0 aromatic rings. The second kappa shape index (κ2) is 7.63. The maximum atomic E-state index is 9.94. The fourth-order valence-corrected chi connectivity index (χ4v) is 2.55. The van der Waals surface area contributed by atoms with Crippen LogP contribution in [-0.2, 0) is 14.2 Å². The first kappa shape index (κ1) is 18.9. The summed E-state index contributed by atoms with van der Waals surface area (Å²) in [7, 11) is 0. The van der Waals surface area contributed by atoms with Crippen molar-refractivity contribution >= 4 is 0 Å². The van der Waals surface area contributed by atoms with E-state index in [-0.39, 0.29) is 0 Å². The van der Waals surface area contributed by atoms with Gasteiger partial charge in [0.1, 0.15) is 48.8 Å². The molecule has 2 fully saturated rings. The van der Waals surface area contributed by atoms with E-state index in [1.807, 2.05) is 0 Å². The zero-order valence-electron chi connectivity index (χ0n) is 12.0. The Morgan fingerprint density at radius 2 is 1.17 bits per heavy atom. The van der Waals surface area contributed by atoms with Crippen molar-refractivity contribution in [3.8, 4) is 0 Å². The fraction of sp³-hybridized carbons (Fsp3) is 1.00. The number of hydrogen-bond donors (Lipinski definition) is 8. The van der Waals surface area contributed by atoms with E-state index in [1.54, 1.807) is 0 Å². The third-order valence-electron chi connectivity index (χ3n) is 3.98. The molecular weight excluding hydrogens is 320 g/mol. The van der Waals surface area contributed by atoms with Crippen molar-refractivity contribution in [2.24, 2.45) is 0 Å². The van der Waals surface area contributed by atoms with Crippen molar-refractivity contribution in [3.05, 3.63) is 0 Å². The van der Waals surface area contributed by atoms with Crippen LogP contribution >= 0.6 is 0 Å². The first-order chi connectivity index (χ1) is 10.8. The van der Waals surface area contributed by atoms with E-state index in [0.717, 1.165) is 0 Å². The zero-order chi connectivity index (χ0) is 17.3. The van der Waals surface area contributed by atoms with E-state index in [4.69, 9.17) is 24.4 Å². The summed E-state index contributed by atoms with van der Waals surface area (Å²) in [6.07, 6.45) is -15.6. The van der Waals surface area contributed by atoms with Gasteiger partial charge >= 0.3 is 0 Å². The Morgan fingerprint density at radius 3 is 1.74 bits per heavy atom. The molecule has 0 aromatic carbocycles. The lowest BCUT2D eigenvalue weighted by molar-refractivity contribution is -0.361. The molecule has 23 heavy (non-hydrogen) atoms. The van der Waals surface area contributed by atoms with Crippen LogP contribution in [0.2, 0.25) is 0 Å². The minimum Gasteiger partial charge on any atom is -0.394 e. The number of aliphatic hydroxyl groups is 8. The number of aliphatic hydroxyl groups excluding tert-OH is 8. The van der Waals surface area contributed by atoms with E-state index < -0.39 is 74.6 Å². The van der Waals surface area contributed by atoms with E-state index in [1.165, 1.54) is 0 Å². The highest BCUT2D eigenvalue weighted by Gasteiger charge is 2.50. The maximum absolute atomic E-state index is 9.94. The number of ether oxygens (including phenoxy) is 3. The smallest absolute Gasteiger partial charge is 0.187 e. The monoisotopic (exact) mass is 342 g/mol. The molecule has 11 nitrogen and oxygen atoms in total. The van der Waals surface area contributed by atoms with Gasteiger partial charge < -0.3 is 55.1 Å². The molecule has 0 saturated carbocycles. The Bertz CT molecular complexity index is 380. The van der Waals surface area contributed by atoms with Gasteiger partial charge in [-0.25, -0.2) is 0 Å². The van der Waals surface area contributed by atoms with Crippen LogP contribution in [0.5, 0.6) is 0 Å². The summed E-state index contributed by atoms with van der Waals surface area (Å²) in [5.74, 6) is 0. The van der Waals surface area contributed by atoms with Gasteiger partial charge in [0, 0.05) is 0 Å². The van der Waals surface area contributed by atoms with Crippen molar-refractivity contribution < 1.29 is 55.1 Å². The largest absolute Gasteiger partial charge is 0.394 e. The molecule has 0 aliphatic carbocycles. The number of rotatable bonds is 4. The standard InChI is InChI=1S/C12H22O11/c13-1-3-6(16)8(18)10(11(20)21-3)23-12-9(19)7(17)5(15)4(2-14)22-12/h3-20H,1-2H2/t3-,4-,5+,6-,7+,8+,9-,10+,11-,12-/m1/s1. The van der Waals surface area contributed by atoms with Crippen LogP contribution in [0.25, 0.3) is 0 Å². The van der Waals surface area contributed by atoms with Crippen LogP contribution in [0.1, 0.15) is 0 Å². The molecule has 2 aliphatic rings. The van der Waals surface area contributed by atoms with Crippen molar-refractivity contribution in [3.63, 3.8) is 0 Å². The van der Waals surface area contributed by atoms with Gasteiger partial charge in [0.15, 0.2) is 12.6 Å². The Morgan fingerprint density at radius 1 is 0.652 bits per heavy atom. The Balaban J connectivity index is 2.08. The lowest BCUT2D eigenvalue weighted by Crippen LogP contribution is -2.64. The molecule has 0 bridgehead atoms. The van der Waals surface area contributed by atoms with E-state index in [2.05, 4.69) is 0 Å². The molecule has 2 rings (SSSR count). The topological polar surface area (TPSA) is 190 Å². The van der Waals surface area contributed by atoms with E-state index in [9.17, 15) is 30.6 Å². The molecule has 8 N–H and O–H groups in total. The van der Waals surface area contributed by atoms with Crippen LogP contribution in [-0.4, -0.2) is 115 Å². The average molecular weight is 342 g/mol. The predicted octanol–water partition coefficient (Wildman–Crippen LogP) is -5.40. The lowest BCUT2D eigenvalue weighted by atomic mass is 9.97. The molecule has 0 spiro atoms. The van der Waals surface area contributed by atoms with E-state index in [0.29, 0.717) is 0 Å². The van der Waals surface area contributed by atoms with Gasteiger partial charge in [0.05, 0.1) is 13.2 Å². The molecule has 10 atom stereocenters. The summed E-state index contributed by atoms with van der Waals surface area (Å²) in [4.78, 5) is 0. The normalized spacial score (nSPS) is 51.7. The summed E-state index contributed by atoms with van der Waals surface area (Å²) in [5.41, 5.74) is 0. The first-order valence-corrected chi connectivity index (χ1v) is 7.08.